The number of hydrogen-bond donors (Lipinski definition) is 1. The Morgan fingerprint density at radius 1 is 1.50 bits per heavy atom. The number of hydrogen-bond acceptors (Lipinski definition) is 3. The van der Waals surface area contributed by atoms with Gasteiger partial charge in [-0.3, -0.25) is 9.36 Å². The summed E-state index contributed by atoms with van der Waals surface area (Å²) in [7, 11) is 1.86. The Morgan fingerprint density at radius 2 is 2.20 bits per heavy atom. The lowest BCUT2D eigenvalue weighted by molar-refractivity contribution is 0.217. The number of aromatic nitrogens is 4. The lowest BCUT2D eigenvalue weighted by atomic mass is 10.1. The summed E-state index contributed by atoms with van der Waals surface area (Å²) in [5.74, 6) is 0.745. The molecule has 1 aliphatic carbocycles. The fourth-order valence-electron chi connectivity index (χ4n) is 2.36. The van der Waals surface area contributed by atoms with Crippen molar-refractivity contribution in [3.63, 3.8) is 0 Å². The average molecular weight is 451 g/mol. The summed E-state index contributed by atoms with van der Waals surface area (Å²) >= 11 is 5.75. The second-order valence-electron chi connectivity index (χ2n) is 5.37. The lowest BCUT2D eigenvalue weighted by Gasteiger charge is -2.09. The van der Waals surface area contributed by atoms with Gasteiger partial charge in [-0.15, -0.1) is 0 Å². The van der Waals surface area contributed by atoms with E-state index in [4.69, 9.17) is 0 Å². The number of aryl methyl sites for hydroxylation is 2. The Morgan fingerprint density at radius 3 is 2.75 bits per heavy atom. The van der Waals surface area contributed by atoms with Crippen LogP contribution in [0.2, 0.25) is 0 Å². The van der Waals surface area contributed by atoms with Gasteiger partial charge in [0, 0.05) is 30.9 Å². The first kappa shape index (κ1) is 14.5. The molecule has 2 heterocycles. The third-order valence-electron chi connectivity index (χ3n) is 3.62. The normalized spacial score (nSPS) is 16.6. The first-order valence-electron chi connectivity index (χ1n) is 6.57. The van der Waals surface area contributed by atoms with E-state index in [0.29, 0.717) is 0 Å². The molecule has 0 aromatic carbocycles. The minimum Gasteiger partial charge on any atom is -0.383 e. The van der Waals surface area contributed by atoms with Crippen molar-refractivity contribution in [3.05, 3.63) is 31.3 Å². The summed E-state index contributed by atoms with van der Waals surface area (Å²) in [5.41, 5.74) is 2.53. The number of nitrogens with zero attached hydrogens (tertiary/aromatic N) is 4. The van der Waals surface area contributed by atoms with Crippen LogP contribution in [-0.2, 0) is 13.6 Å². The molecule has 1 aliphatic rings. The van der Waals surface area contributed by atoms with Gasteiger partial charge in [-0.05, 0) is 64.2 Å². The molecule has 0 bridgehead atoms. The maximum atomic E-state index is 10.7. The largest absolute Gasteiger partial charge is 0.383 e. The zero-order valence-electron chi connectivity index (χ0n) is 11.3. The van der Waals surface area contributed by atoms with Crippen LogP contribution < -0.4 is 0 Å². The van der Waals surface area contributed by atoms with Gasteiger partial charge in [-0.25, -0.2) is 0 Å². The second-order valence-corrected chi connectivity index (χ2v) is 7.14. The van der Waals surface area contributed by atoms with Crippen molar-refractivity contribution in [2.24, 2.45) is 13.0 Å². The topological polar surface area (TPSA) is 55.9 Å². The summed E-state index contributed by atoms with van der Waals surface area (Å²) in [6.07, 6.45) is 3.72. The van der Waals surface area contributed by atoms with Crippen LogP contribution in [0.25, 0.3) is 0 Å². The molecule has 1 N–H and O–H groups in total. The van der Waals surface area contributed by atoms with E-state index in [2.05, 4.69) is 48.7 Å². The SMILES string of the molecule is Cc1nn(CC2CC2)c(Br)c1C(O)c1cn(C)nc1I. The number of halogens is 2. The summed E-state index contributed by atoms with van der Waals surface area (Å²) in [6.45, 7) is 2.87. The molecule has 0 amide bonds. The fourth-order valence-corrected chi connectivity index (χ4v) is 3.86. The monoisotopic (exact) mass is 450 g/mol. The van der Waals surface area contributed by atoms with Crippen LogP contribution in [-0.4, -0.2) is 24.7 Å². The molecule has 1 saturated carbocycles. The first-order chi connectivity index (χ1) is 9.47. The van der Waals surface area contributed by atoms with Crippen LogP contribution in [0, 0.1) is 16.5 Å². The Bertz CT molecular complexity index is 647. The Hall–Kier alpha value is -0.410. The van der Waals surface area contributed by atoms with Gasteiger partial charge in [0.05, 0.1) is 5.69 Å². The van der Waals surface area contributed by atoms with Crippen LogP contribution in [0.5, 0.6) is 0 Å². The first-order valence-corrected chi connectivity index (χ1v) is 8.44. The van der Waals surface area contributed by atoms with Crippen molar-refractivity contribution in [2.45, 2.75) is 32.4 Å². The third-order valence-corrected chi connectivity index (χ3v) is 5.29. The highest BCUT2D eigenvalue weighted by atomic mass is 127. The van der Waals surface area contributed by atoms with E-state index < -0.39 is 6.10 Å². The molecule has 0 saturated heterocycles. The summed E-state index contributed by atoms with van der Waals surface area (Å²) < 4.78 is 5.39. The molecule has 3 rings (SSSR count). The van der Waals surface area contributed by atoms with Crippen LogP contribution in [0.1, 0.15) is 35.8 Å². The molecule has 5 nitrogen and oxygen atoms in total. The van der Waals surface area contributed by atoms with E-state index in [0.717, 1.165) is 37.6 Å². The molecule has 0 radical (unpaired) electrons. The standard InChI is InChI=1S/C13H16BrIN4O/c1-7-10(11(20)9-6-18(2)17-13(9)15)12(14)19(16-7)5-8-3-4-8/h6,8,11,20H,3-5H2,1-2H3. The molecule has 1 unspecified atom stereocenters. The summed E-state index contributed by atoms with van der Waals surface area (Å²) in [6, 6.07) is 0. The Kier molecular flexibility index (Phi) is 3.93. The van der Waals surface area contributed by atoms with E-state index in [1.807, 2.05) is 24.9 Å². The Balaban J connectivity index is 1.96. The van der Waals surface area contributed by atoms with Crippen LogP contribution in [0.4, 0.5) is 0 Å². The molecule has 7 heteroatoms. The van der Waals surface area contributed by atoms with Gasteiger partial charge in [-0.2, -0.15) is 10.2 Å². The zero-order chi connectivity index (χ0) is 14.4. The predicted octanol–water partition coefficient (Wildman–Crippen LogP) is 2.78. The molecule has 2 aromatic rings. The lowest BCUT2D eigenvalue weighted by Crippen LogP contribution is -2.04. The van der Waals surface area contributed by atoms with Gasteiger partial charge in [0.1, 0.15) is 14.4 Å². The molecule has 108 valence electrons. The van der Waals surface area contributed by atoms with Crippen LogP contribution >= 0.6 is 38.5 Å². The van der Waals surface area contributed by atoms with E-state index >= 15 is 0 Å². The minimum atomic E-state index is -0.696. The van der Waals surface area contributed by atoms with Crippen molar-refractivity contribution in [1.29, 1.82) is 0 Å². The molecule has 20 heavy (non-hydrogen) atoms. The van der Waals surface area contributed by atoms with E-state index in [1.165, 1.54) is 12.8 Å². The third kappa shape index (κ3) is 2.67. The molecule has 1 atom stereocenters. The fraction of sp³-hybridized carbons (Fsp3) is 0.538. The van der Waals surface area contributed by atoms with Crippen molar-refractivity contribution < 1.29 is 5.11 Å². The van der Waals surface area contributed by atoms with Gasteiger partial charge in [0.25, 0.3) is 0 Å². The van der Waals surface area contributed by atoms with Gasteiger partial charge < -0.3 is 5.11 Å². The number of aliphatic hydroxyl groups excluding tert-OH is 1. The van der Waals surface area contributed by atoms with Gasteiger partial charge >= 0.3 is 0 Å². The van der Waals surface area contributed by atoms with E-state index in [1.54, 1.807) is 4.68 Å². The zero-order valence-corrected chi connectivity index (χ0v) is 15.1. The highest BCUT2D eigenvalue weighted by Crippen LogP contribution is 2.36. The highest BCUT2D eigenvalue weighted by molar-refractivity contribution is 14.1. The maximum absolute atomic E-state index is 10.7. The molecular formula is C13H16BrIN4O. The molecule has 2 aromatic heterocycles. The summed E-state index contributed by atoms with van der Waals surface area (Å²) in [5, 5.41) is 19.5. The molecular weight excluding hydrogens is 435 g/mol. The highest BCUT2D eigenvalue weighted by Gasteiger charge is 2.28. The predicted molar refractivity (Wildman–Crippen MR) is 87.4 cm³/mol. The minimum absolute atomic E-state index is 0.696. The quantitative estimate of drug-likeness (QED) is 0.728. The number of rotatable bonds is 4. The van der Waals surface area contributed by atoms with Crippen molar-refractivity contribution in [2.75, 3.05) is 0 Å². The van der Waals surface area contributed by atoms with Crippen LogP contribution in [0.15, 0.2) is 10.8 Å². The van der Waals surface area contributed by atoms with Gasteiger partial charge in [0.15, 0.2) is 0 Å². The van der Waals surface area contributed by atoms with E-state index in [9.17, 15) is 5.11 Å². The van der Waals surface area contributed by atoms with Crippen molar-refractivity contribution >= 4 is 38.5 Å². The number of aliphatic hydroxyl groups is 1. The van der Waals surface area contributed by atoms with Crippen LogP contribution in [0.3, 0.4) is 0 Å². The summed E-state index contributed by atoms with van der Waals surface area (Å²) in [4.78, 5) is 0. The molecule has 0 spiro atoms. The van der Waals surface area contributed by atoms with Gasteiger partial charge in [0.2, 0.25) is 0 Å². The van der Waals surface area contributed by atoms with Gasteiger partial charge in [-0.1, -0.05) is 0 Å². The molecule has 1 fully saturated rings. The maximum Gasteiger partial charge on any atom is 0.129 e. The smallest absolute Gasteiger partial charge is 0.129 e. The molecule has 0 aliphatic heterocycles. The Labute approximate surface area is 139 Å². The second kappa shape index (κ2) is 5.42. The van der Waals surface area contributed by atoms with E-state index in [-0.39, 0.29) is 0 Å². The van der Waals surface area contributed by atoms with Crippen molar-refractivity contribution in [3.8, 4) is 0 Å². The average Bonchev–Trinajstić information content (AvgIpc) is 3.05. The van der Waals surface area contributed by atoms with Crippen molar-refractivity contribution in [1.82, 2.24) is 19.6 Å².